The van der Waals surface area contributed by atoms with Crippen LogP contribution in [0.3, 0.4) is 0 Å². The molecule has 2 aromatic rings. The minimum atomic E-state index is -0.00787. The predicted octanol–water partition coefficient (Wildman–Crippen LogP) is 3.63. The summed E-state index contributed by atoms with van der Waals surface area (Å²) in [5, 5.41) is 7.58. The lowest BCUT2D eigenvalue weighted by molar-refractivity contribution is -0.122. The van der Waals surface area contributed by atoms with Crippen molar-refractivity contribution in [2.45, 2.75) is 58.6 Å². The molecule has 0 saturated carbocycles. The van der Waals surface area contributed by atoms with Crippen LogP contribution >= 0.6 is 0 Å². The Morgan fingerprint density at radius 2 is 2.12 bits per heavy atom. The molecule has 0 bridgehead atoms. The second-order valence-corrected chi connectivity index (χ2v) is 6.89. The smallest absolute Gasteiger partial charge is 0.220 e. The molecule has 1 fully saturated rings. The van der Waals surface area contributed by atoms with E-state index in [4.69, 9.17) is 4.74 Å². The molecule has 1 aliphatic rings. The summed E-state index contributed by atoms with van der Waals surface area (Å²) in [5.74, 6) is 0.0885. The van der Waals surface area contributed by atoms with Gasteiger partial charge in [0.1, 0.15) is 0 Å². The van der Waals surface area contributed by atoms with E-state index in [1.807, 2.05) is 37.6 Å². The highest BCUT2D eigenvalue weighted by Gasteiger charge is 2.17. The van der Waals surface area contributed by atoms with E-state index in [9.17, 15) is 4.79 Å². The van der Waals surface area contributed by atoms with Gasteiger partial charge in [-0.15, -0.1) is 0 Å². The molecule has 1 aromatic carbocycles. The average molecular weight is 341 g/mol. The fourth-order valence-electron chi connectivity index (χ4n) is 3.36. The Morgan fingerprint density at radius 1 is 1.36 bits per heavy atom. The second kappa shape index (κ2) is 7.83. The number of ether oxygens (including phenoxy) is 1. The number of aromatic nitrogens is 2. The number of hydrogen-bond acceptors (Lipinski definition) is 3. The molecule has 1 saturated heterocycles. The van der Waals surface area contributed by atoms with Crippen LogP contribution in [-0.2, 0) is 9.53 Å². The third-order valence-electron chi connectivity index (χ3n) is 4.74. The van der Waals surface area contributed by atoms with Crippen molar-refractivity contribution in [2.24, 2.45) is 0 Å². The fourth-order valence-corrected chi connectivity index (χ4v) is 3.36. The summed E-state index contributed by atoms with van der Waals surface area (Å²) in [6.07, 6.45) is 3.80. The first-order valence-corrected chi connectivity index (χ1v) is 9.07. The van der Waals surface area contributed by atoms with Gasteiger partial charge in [0.25, 0.3) is 0 Å². The van der Waals surface area contributed by atoms with Gasteiger partial charge in [-0.05, 0) is 63.8 Å². The molecule has 5 heteroatoms. The highest BCUT2D eigenvalue weighted by Crippen LogP contribution is 2.19. The molecule has 0 spiro atoms. The van der Waals surface area contributed by atoms with Gasteiger partial charge in [-0.25, -0.2) is 4.68 Å². The topological polar surface area (TPSA) is 56.2 Å². The number of carbonyl (C=O) groups excluding carboxylic acids is 1. The van der Waals surface area contributed by atoms with E-state index < -0.39 is 0 Å². The Kier molecular flexibility index (Phi) is 5.53. The van der Waals surface area contributed by atoms with Crippen LogP contribution in [0.5, 0.6) is 0 Å². The number of hydrogen-bond donors (Lipinski definition) is 1. The van der Waals surface area contributed by atoms with E-state index in [-0.39, 0.29) is 18.1 Å². The van der Waals surface area contributed by atoms with Crippen LogP contribution in [0, 0.1) is 13.8 Å². The number of carbonyl (C=O) groups is 1. The van der Waals surface area contributed by atoms with E-state index in [1.54, 1.807) is 0 Å². The van der Waals surface area contributed by atoms with Gasteiger partial charge in [0.05, 0.1) is 23.5 Å². The Labute approximate surface area is 149 Å². The molecule has 25 heavy (non-hydrogen) atoms. The van der Waals surface area contributed by atoms with Crippen molar-refractivity contribution in [3.05, 3.63) is 47.3 Å². The SMILES string of the molecule is Cc1cc(C)n(-c2ccc([C@H](C)NC(=O)CC[C@H]3CCCO3)cc2)n1. The van der Waals surface area contributed by atoms with Gasteiger partial charge >= 0.3 is 0 Å². The van der Waals surface area contributed by atoms with Crippen molar-refractivity contribution < 1.29 is 9.53 Å². The molecule has 0 unspecified atom stereocenters. The summed E-state index contributed by atoms with van der Waals surface area (Å²) in [7, 11) is 0. The fraction of sp³-hybridized carbons (Fsp3) is 0.500. The summed E-state index contributed by atoms with van der Waals surface area (Å²) in [6.45, 7) is 6.89. The molecule has 0 radical (unpaired) electrons. The van der Waals surface area contributed by atoms with E-state index >= 15 is 0 Å². The molecule has 1 amide bonds. The standard InChI is InChI=1S/C20H27N3O2/c1-14-13-15(2)23(22-14)18-8-6-17(7-9-18)16(3)21-20(24)11-10-19-5-4-12-25-19/h6-9,13,16,19H,4-5,10-12H2,1-3H3,(H,21,24)/t16-,19+/m0/s1. The zero-order chi connectivity index (χ0) is 17.8. The number of rotatable bonds is 6. The van der Waals surface area contributed by atoms with Crippen LogP contribution in [0.1, 0.15) is 55.6 Å². The third kappa shape index (κ3) is 4.48. The Balaban J connectivity index is 1.55. The van der Waals surface area contributed by atoms with Crippen LogP contribution < -0.4 is 5.32 Å². The number of aryl methyl sites for hydroxylation is 2. The van der Waals surface area contributed by atoms with Gasteiger partial charge in [-0.2, -0.15) is 5.10 Å². The third-order valence-corrected chi connectivity index (χ3v) is 4.74. The quantitative estimate of drug-likeness (QED) is 0.873. The molecule has 1 aromatic heterocycles. The van der Waals surface area contributed by atoms with E-state index in [2.05, 4.69) is 28.6 Å². The Hall–Kier alpha value is -2.14. The van der Waals surface area contributed by atoms with E-state index in [0.717, 1.165) is 48.5 Å². The first kappa shape index (κ1) is 17.7. The first-order valence-electron chi connectivity index (χ1n) is 9.07. The van der Waals surface area contributed by atoms with Crippen molar-refractivity contribution in [3.8, 4) is 5.69 Å². The zero-order valence-corrected chi connectivity index (χ0v) is 15.3. The number of nitrogens with zero attached hydrogens (tertiary/aromatic N) is 2. The highest BCUT2D eigenvalue weighted by atomic mass is 16.5. The average Bonchev–Trinajstić information content (AvgIpc) is 3.22. The first-order chi connectivity index (χ1) is 12.0. The van der Waals surface area contributed by atoms with Crippen LogP contribution in [0.4, 0.5) is 0 Å². The van der Waals surface area contributed by atoms with Crippen LogP contribution in [-0.4, -0.2) is 28.4 Å². The predicted molar refractivity (Wildman–Crippen MR) is 97.8 cm³/mol. The van der Waals surface area contributed by atoms with Crippen molar-refractivity contribution in [2.75, 3.05) is 6.61 Å². The Morgan fingerprint density at radius 3 is 2.72 bits per heavy atom. The van der Waals surface area contributed by atoms with E-state index in [1.165, 1.54) is 0 Å². The zero-order valence-electron chi connectivity index (χ0n) is 15.3. The van der Waals surface area contributed by atoms with Gasteiger partial charge in [0.2, 0.25) is 5.91 Å². The molecule has 2 heterocycles. The van der Waals surface area contributed by atoms with E-state index in [0.29, 0.717) is 6.42 Å². The van der Waals surface area contributed by atoms with Gasteiger partial charge in [0, 0.05) is 18.7 Å². The van der Waals surface area contributed by atoms with Crippen LogP contribution in [0.2, 0.25) is 0 Å². The minimum Gasteiger partial charge on any atom is -0.378 e. The number of amides is 1. The maximum absolute atomic E-state index is 12.1. The summed E-state index contributed by atoms with van der Waals surface area (Å²) in [5.41, 5.74) is 4.25. The second-order valence-electron chi connectivity index (χ2n) is 6.89. The molecule has 3 rings (SSSR count). The van der Waals surface area contributed by atoms with Crippen molar-refractivity contribution >= 4 is 5.91 Å². The van der Waals surface area contributed by atoms with Gasteiger partial charge in [0.15, 0.2) is 0 Å². The molecule has 5 nitrogen and oxygen atoms in total. The molecule has 0 aliphatic carbocycles. The summed E-state index contributed by atoms with van der Waals surface area (Å²) >= 11 is 0. The monoisotopic (exact) mass is 341 g/mol. The number of nitrogens with one attached hydrogen (secondary N) is 1. The van der Waals surface area contributed by atoms with Gasteiger partial charge < -0.3 is 10.1 Å². The lowest BCUT2D eigenvalue weighted by atomic mass is 10.1. The normalized spacial score (nSPS) is 18.3. The molecule has 2 atom stereocenters. The van der Waals surface area contributed by atoms with Crippen molar-refractivity contribution in [3.63, 3.8) is 0 Å². The number of benzene rings is 1. The lowest BCUT2D eigenvalue weighted by Gasteiger charge is -2.16. The largest absolute Gasteiger partial charge is 0.378 e. The van der Waals surface area contributed by atoms with Crippen molar-refractivity contribution in [1.29, 1.82) is 0 Å². The van der Waals surface area contributed by atoms with Crippen LogP contribution in [0.15, 0.2) is 30.3 Å². The summed E-state index contributed by atoms with van der Waals surface area (Å²) in [4.78, 5) is 12.1. The molecule has 1 N–H and O–H groups in total. The minimum absolute atomic E-state index is 0.00787. The maximum Gasteiger partial charge on any atom is 0.220 e. The maximum atomic E-state index is 12.1. The summed E-state index contributed by atoms with van der Waals surface area (Å²) < 4.78 is 7.51. The molecule has 1 aliphatic heterocycles. The molecule has 134 valence electrons. The molecular formula is C20H27N3O2. The van der Waals surface area contributed by atoms with Gasteiger partial charge in [-0.1, -0.05) is 12.1 Å². The highest BCUT2D eigenvalue weighted by molar-refractivity contribution is 5.76. The van der Waals surface area contributed by atoms with Crippen LogP contribution in [0.25, 0.3) is 5.69 Å². The van der Waals surface area contributed by atoms with Crippen molar-refractivity contribution in [1.82, 2.24) is 15.1 Å². The molecular weight excluding hydrogens is 314 g/mol. The van der Waals surface area contributed by atoms with Gasteiger partial charge in [-0.3, -0.25) is 4.79 Å². The Bertz CT molecular complexity index is 715. The summed E-state index contributed by atoms with van der Waals surface area (Å²) in [6, 6.07) is 10.2. The lowest BCUT2D eigenvalue weighted by Crippen LogP contribution is -2.27.